The molecule has 0 spiro atoms. The van der Waals surface area contributed by atoms with Gasteiger partial charge in [-0.1, -0.05) is 6.07 Å². The Balaban J connectivity index is 2.36. The maximum Gasteiger partial charge on any atom is 0.133 e. The number of benzene rings is 1. The average molecular weight is 279 g/mol. The number of likely N-dealkylation sites (N-methyl/N-ethyl adjacent to an activating group) is 1. The highest BCUT2D eigenvalue weighted by molar-refractivity contribution is 5.30. The van der Waals surface area contributed by atoms with E-state index in [0.29, 0.717) is 12.0 Å². The molecule has 0 radical (unpaired) electrons. The van der Waals surface area contributed by atoms with Gasteiger partial charge in [0.15, 0.2) is 0 Å². The fraction of sp³-hybridized carbons (Fsp3) is 0.400. The summed E-state index contributed by atoms with van der Waals surface area (Å²) in [5.41, 5.74) is 0.527. The number of aryl methyl sites for hydroxylation is 2. The van der Waals surface area contributed by atoms with Gasteiger partial charge in [-0.05, 0) is 32.5 Å². The highest BCUT2D eigenvalue weighted by atomic mass is 19.1. The van der Waals surface area contributed by atoms with E-state index >= 15 is 0 Å². The Hall–Kier alpha value is -1.75. The molecule has 1 aromatic carbocycles. The van der Waals surface area contributed by atoms with Crippen molar-refractivity contribution in [1.82, 2.24) is 14.9 Å². The molecule has 5 heteroatoms. The van der Waals surface area contributed by atoms with Crippen LogP contribution in [0.2, 0.25) is 0 Å². The summed E-state index contributed by atoms with van der Waals surface area (Å²) in [5.74, 6) is -0.201. The van der Waals surface area contributed by atoms with Gasteiger partial charge in [0.1, 0.15) is 17.5 Å². The van der Waals surface area contributed by atoms with Crippen molar-refractivity contribution in [2.75, 3.05) is 7.05 Å². The van der Waals surface area contributed by atoms with Gasteiger partial charge in [-0.3, -0.25) is 0 Å². The maximum absolute atomic E-state index is 14.2. The summed E-state index contributed by atoms with van der Waals surface area (Å²) < 4.78 is 30.1. The van der Waals surface area contributed by atoms with Crippen molar-refractivity contribution in [1.29, 1.82) is 0 Å². The molecule has 2 rings (SSSR count). The van der Waals surface area contributed by atoms with Crippen molar-refractivity contribution in [2.45, 2.75) is 32.9 Å². The van der Waals surface area contributed by atoms with Crippen LogP contribution in [0.15, 0.2) is 24.5 Å². The Morgan fingerprint density at radius 1 is 1.35 bits per heavy atom. The fourth-order valence-corrected chi connectivity index (χ4v) is 2.35. The van der Waals surface area contributed by atoms with Gasteiger partial charge in [0.05, 0.1) is 0 Å². The minimum atomic E-state index is -0.526. The summed E-state index contributed by atoms with van der Waals surface area (Å²) in [7, 11) is 1.70. The lowest BCUT2D eigenvalue weighted by Crippen LogP contribution is -2.23. The first-order valence-corrected chi connectivity index (χ1v) is 6.70. The first-order chi connectivity index (χ1) is 9.58. The Labute approximate surface area is 117 Å². The third-order valence-electron chi connectivity index (χ3n) is 3.55. The molecule has 20 heavy (non-hydrogen) atoms. The van der Waals surface area contributed by atoms with E-state index in [0.717, 1.165) is 12.4 Å². The van der Waals surface area contributed by atoms with E-state index in [4.69, 9.17) is 0 Å². The molecule has 1 unspecified atom stereocenters. The number of nitrogens with zero attached hydrogens (tertiary/aromatic N) is 2. The Bertz CT molecular complexity index is 593. The zero-order valence-corrected chi connectivity index (χ0v) is 12.0. The topological polar surface area (TPSA) is 29.9 Å². The van der Waals surface area contributed by atoms with Crippen LogP contribution in [0.1, 0.15) is 29.9 Å². The summed E-state index contributed by atoms with van der Waals surface area (Å²) in [6.45, 7) is 4.43. The molecule has 3 nitrogen and oxygen atoms in total. The summed E-state index contributed by atoms with van der Waals surface area (Å²) >= 11 is 0. The number of imidazole rings is 1. The third-order valence-corrected chi connectivity index (χ3v) is 3.55. The van der Waals surface area contributed by atoms with Crippen molar-refractivity contribution < 1.29 is 8.78 Å². The normalized spacial score (nSPS) is 12.7. The lowest BCUT2D eigenvalue weighted by Gasteiger charge is -2.19. The second-order valence-corrected chi connectivity index (χ2v) is 4.77. The predicted octanol–water partition coefficient (Wildman–Crippen LogP) is 2.99. The molecule has 2 aromatic rings. The molecular weight excluding hydrogens is 260 g/mol. The van der Waals surface area contributed by atoms with E-state index in [9.17, 15) is 8.78 Å². The maximum atomic E-state index is 14.2. The SMILES string of the molecule is CCn1ccnc1CC(NC)c1c(F)ccc(C)c1F. The van der Waals surface area contributed by atoms with Crippen molar-refractivity contribution in [3.63, 3.8) is 0 Å². The zero-order chi connectivity index (χ0) is 14.7. The van der Waals surface area contributed by atoms with Crippen LogP contribution >= 0.6 is 0 Å². The molecule has 0 saturated carbocycles. The quantitative estimate of drug-likeness (QED) is 0.912. The van der Waals surface area contributed by atoms with E-state index in [2.05, 4.69) is 10.3 Å². The van der Waals surface area contributed by atoms with Crippen LogP contribution in [-0.2, 0) is 13.0 Å². The fourth-order valence-electron chi connectivity index (χ4n) is 2.35. The van der Waals surface area contributed by atoms with E-state index in [-0.39, 0.29) is 5.56 Å². The second kappa shape index (κ2) is 6.13. The monoisotopic (exact) mass is 279 g/mol. The predicted molar refractivity (Wildman–Crippen MR) is 74.5 cm³/mol. The van der Waals surface area contributed by atoms with E-state index in [1.807, 2.05) is 17.7 Å². The minimum absolute atomic E-state index is 0.0816. The molecule has 0 aliphatic rings. The molecule has 0 amide bonds. The van der Waals surface area contributed by atoms with E-state index < -0.39 is 17.7 Å². The molecule has 1 heterocycles. The van der Waals surface area contributed by atoms with Crippen molar-refractivity contribution in [3.05, 3.63) is 53.1 Å². The molecule has 0 aliphatic heterocycles. The number of hydrogen-bond acceptors (Lipinski definition) is 2. The molecule has 0 aliphatic carbocycles. The molecular formula is C15H19F2N3. The largest absolute Gasteiger partial charge is 0.335 e. The van der Waals surface area contributed by atoms with Gasteiger partial charge < -0.3 is 9.88 Å². The Morgan fingerprint density at radius 3 is 2.75 bits per heavy atom. The Kier molecular flexibility index (Phi) is 4.49. The van der Waals surface area contributed by atoms with Crippen LogP contribution in [0, 0.1) is 18.6 Å². The standard InChI is InChI=1S/C15H19F2N3/c1-4-20-8-7-19-13(20)9-12(18-3)14-11(16)6-5-10(2)15(14)17/h5-8,12,18H,4,9H2,1-3H3. The molecule has 1 N–H and O–H groups in total. The lowest BCUT2D eigenvalue weighted by molar-refractivity contribution is 0.474. The average Bonchev–Trinajstić information content (AvgIpc) is 2.89. The van der Waals surface area contributed by atoms with Gasteiger partial charge in [0, 0.05) is 37.0 Å². The van der Waals surface area contributed by atoms with Gasteiger partial charge in [-0.2, -0.15) is 0 Å². The van der Waals surface area contributed by atoms with Crippen LogP contribution < -0.4 is 5.32 Å². The summed E-state index contributed by atoms with van der Waals surface area (Å²) in [5, 5.41) is 2.98. The van der Waals surface area contributed by atoms with Gasteiger partial charge in [-0.15, -0.1) is 0 Å². The van der Waals surface area contributed by atoms with Gasteiger partial charge in [0.2, 0.25) is 0 Å². The first kappa shape index (κ1) is 14.7. The van der Waals surface area contributed by atoms with Crippen molar-refractivity contribution >= 4 is 0 Å². The number of rotatable bonds is 5. The van der Waals surface area contributed by atoms with Gasteiger partial charge in [0.25, 0.3) is 0 Å². The number of nitrogens with one attached hydrogen (secondary N) is 1. The van der Waals surface area contributed by atoms with Crippen LogP contribution in [0.3, 0.4) is 0 Å². The molecule has 0 fully saturated rings. The van der Waals surface area contributed by atoms with Gasteiger partial charge in [-0.25, -0.2) is 13.8 Å². The second-order valence-electron chi connectivity index (χ2n) is 4.77. The molecule has 0 bridgehead atoms. The van der Waals surface area contributed by atoms with Crippen LogP contribution in [0.4, 0.5) is 8.78 Å². The number of aromatic nitrogens is 2. The highest BCUT2D eigenvalue weighted by Crippen LogP contribution is 2.25. The summed E-state index contributed by atoms with van der Waals surface area (Å²) in [6, 6.07) is 2.32. The van der Waals surface area contributed by atoms with Crippen LogP contribution in [0.5, 0.6) is 0 Å². The summed E-state index contributed by atoms with van der Waals surface area (Å²) in [4.78, 5) is 4.26. The zero-order valence-electron chi connectivity index (χ0n) is 12.0. The van der Waals surface area contributed by atoms with Crippen LogP contribution in [-0.4, -0.2) is 16.6 Å². The van der Waals surface area contributed by atoms with Crippen molar-refractivity contribution in [3.8, 4) is 0 Å². The smallest absolute Gasteiger partial charge is 0.133 e. The Morgan fingerprint density at radius 2 is 2.10 bits per heavy atom. The first-order valence-electron chi connectivity index (χ1n) is 6.70. The van der Waals surface area contributed by atoms with E-state index in [1.54, 1.807) is 20.2 Å². The minimum Gasteiger partial charge on any atom is -0.335 e. The van der Waals surface area contributed by atoms with Crippen molar-refractivity contribution in [2.24, 2.45) is 0 Å². The molecule has 0 saturated heterocycles. The molecule has 1 aromatic heterocycles. The van der Waals surface area contributed by atoms with E-state index in [1.165, 1.54) is 12.1 Å². The molecule has 1 atom stereocenters. The number of hydrogen-bond donors (Lipinski definition) is 1. The van der Waals surface area contributed by atoms with Crippen LogP contribution in [0.25, 0.3) is 0 Å². The lowest BCUT2D eigenvalue weighted by atomic mass is 9.99. The molecule has 108 valence electrons. The third kappa shape index (κ3) is 2.72. The van der Waals surface area contributed by atoms with Gasteiger partial charge >= 0.3 is 0 Å². The number of halogens is 2. The highest BCUT2D eigenvalue weighted by Gasteiger charge is 2.22. The summed E-state index contributed by atoms with van der Waals surface area (Å²) in [6.07, 6.45) is 4.01.